The first-order chi connectivity index (χ1) is 8.74. The highest BCUT2D eigenvalue weighted by Gasteiger charge is 2.27. The Bertz CT molecular complexity index is 446. The van der Waals surface area contributed by atoms with Gasteiger partial charge in [-0.2, -0.15) is 0 Å². The highest BCUT2D eigenvalue weighted by atomic mass is 35.5. The number of hydrogen-bond donors (Lipinski definition) is 1. The molecule has 1 N–H and O–H groups in total. The lowest BCUT2D eigenvalue weighted by Crippen LogP contribution is -2.31. The van der Waals surface area contributed by atoms with E-state index in [1.807, 2.05) is 31.3 Å². The molecule has 0 amide bonds. The van der Waals surface area contributed by atoms with Crippen LogP contribution in [0.1, 0.15) is 38.8 Å². The standard InChI is InChI=1S/C15H22ClNO2/c1-11(12-6-5-7-13(16)10-12)17(4)9-8-15(2,3)14(18)19/h5-7,10-11H,8-9H2,1-4H3,(H,18,19). The maximum atomic E-state index is 11.1. The van der Waals surface area contributed by atoms with Crippen LogP contribution in [0.15, 0.2) is 24.3 Å². The zero-order valence-electron chi connectivity index (χ0n) is 12.0. The second-order valence-corrected chi connectivity index (χ2v) is 6.09. The van der Waals surface area contributed by atoms with Gasteiger partial charge in [-0.25, -0.2) is 0 Å². The van der Waals surface area contributed by atoms with E-state index in [-0.39, 0.29) is 6.04 Å². The van der Waals surface area contributed by atoms with Crippen molar-refractivity contribution in [3.8, 4) is 0 Å². The van der Waals surface area contributed by atoms with Crippen LogP contribution in [-0.4, -0.2) is 29.6 Å². The fourth-order valence-electron chi connectivity index (χ4n) is 1.78. The zero-order chi connectivity index (χ0) is 14.6. The number of halogens is 1. The Morgan fingerprint density at radius 2 is 2.11 bits per heavy atom. The minimum atomic E-state index is -0.753. The van der Waals surface area contributed by atoms with Crippen molar-refractivity contribution in [3.05, 3.63) is 34.9 Å². The third-order valence-electron chi connectivity index (χ3n) is 3.66. The van der Waals surface area contributed by atoms with E-state index in [1.165, 1.54) is 0 Å². The van der Waals surface area contributed by atoms with Crippen LogP contribution in [0.3, 0.4) is 0 Å². The Morgan fingerprint density at radius 3 is 2.63 bits per heavy atom. The van der Waals surface area contributed by atoms with Crippen LogP contribution in [0.5, 0.6) is 0 Å². The van der Waals surface area contributed by atoms with Crippen molar-refractivity contribution >= 4 is 17.6 Å². The summed E-state index contributed by atoms with van der Waals surface area (Å²) < 4.78 is 0. The summed E-state index contributed by atoms with van der Waals surface area (Å²) in [7, 11) is 2.00. The summed E-state index contributed by atoms with van der Waals surface area (Å²) in [6.07, 6.45) is 0.615. The molecule has 0 saturated carbocycles. The van der Waals surface area contributed by atoms with E-state index in [4.69, 9.17) is 16.7 Å². The molecule has 0 aliphatic heterocycles. The molecule has 0 fully saturated rings. The number of hydrogen-bond acceptors (Lipinski definition) is 2. The van der Waals surface area contributed by atoms with Crippen LogP contribution >= 0.6 is 11.6 Å². The second kappa shape index (κ2) is 6.40. The predicted molar refractivity (Wildman–Crippen MR) is 78.5 cm³/mol. The van der Waals surface area contributed by atoms with Gasteiger partial charge in [0.05, 0.1) is 5.41 Å². The van der Waals surface area contributed by atoms with Gasteiger partial charge in [-0.05, 0) is 58.5 Å². The highest BCUT2D eigenvalue weighted by Crippen LogP contribution is 2.25. The molecule has 106 valence electrons. The fourth-order valence-corrected chi connectivity index (χ4v) is 1.98. The molecule has 1 aromatic carbocycles. The van der Waals surface area contributed by atoms with Crippen LogP contribution < -0.4 is 0 Å². The lowest BCUT2D eigenvalue weighted by Gasteiger charge is -2.28. The predicted octanol–water partition coefficient (Wildman–Crippen LogP) is 3.83. The van der Waals surface area contributed by atoms with Gasteiger partial charge in [-0.1, -0.05) is 23.7 Å². The molecule has 0 aromatic heterocycles. The highest BCUT2D eigenvalue weighted by molar-refractivity contribution is 6.30. The van der Waals surface area contributed by atoms with Gasteiger partial charge in [0.2, 0.25) is 0 Å². The average molecular weight is 284 g/mol. The molecule has 4 heteroatoms. The molecule has 0 radical (unpaired) electrons. The monoisotopic (exact) mass is 283 g/mol. The topological polar surface area (TPSA) is 40.5 Å². The van der Waals surface area contributed by atoms with E-state index >= 15 is 0 Å². The average Bonchev–Trinajstić information content (AvgIpc) is 2.35. The van der Waals surface area contributed by atoms with Gasteiger partial charge in [-0.15, -0.1) is 0 Å². The molecule has 1 atom stereocenters. The summed E-state index contributed by atoms with van der Waals surface area (Å²) in [5.74, 6) is -0.753. The van der Waals surface area contributed by atoms with Crippen LogP contribution in [0.2, 0.25) is 5.02 Å². The SMILES string of the molecule is CC(c1cccc(Cl)c1)N(C)CCC(C)(C)C(=O)O. The Morgan fingerprint density at radius 1 is 1.47 bits per heavy atom. The Hall–Kier alpha value is -1.06. The van der Waals surface area contributed by atoms with Crippen molar-refractivity contribution in [1.29, 1.82) is 0 Å². The molecule has 0 aliphatic rings. The van der Waals surface area contributed by atoms with Crippen LogP contribution in [0.4, 0.5) is 0 Å². The van der Waals surface area contributed by atoms with Gasteiger partial charge in [-0.3, -0.25) is 9.69 Å². The summed E-state index contributed by atoms with van der Waals surface area (Å²) in [4.78, 5) is 13.2. The van der Waals surface area contributed by atoms with Crippen LogP contribution in [0.25, 0.3) is 0 Å². The summed E-state index contributed by atoms with van der Waals surface area (Å²) >= 11 is 5.99. The summed E-state index contributed by atoms with van der Waals surface area (Å²) in [5.41, 5.74) is 0.450. The van der Waals surface area contributed by atoms with E-state index in [0.717, 1.165) is 17.1 Å². The Labute approximate surface area is 120 Å². The lowest BCUT2D eigenvalue weighted by atomic mass is 9.89. The third kappa shape index (κ3) is 4.51. The molecule has 1 rings (SSSR count). The molecule has 19 heavy (non-hydrogen) atoms. The maximum absolute atomic E-state index is 11.1. The summed E-state index contributed by atoms with van der Waals surface area (Å²) in [6.45, 7) is 6.34. The van der Waals surface area contributed by atoms with Crippen molar-refractivity contribution in [2.24, 2.45) is 5.41 Å². The first kappa shape index (κ1) is 16.0. The molecule has 1 aromatic rings. The third-order valence-corrected chi connectivity index (χ3v) is 3.90. The van der Waals surface area contributed by atoms with Crippen molar-refractivity contribution in [2.75, 3.05) is 13.6 Å². The Kier molecular flexibility index (Phi) is 5.39. The van der Waals surface area contributed by atoms with Crippen molar-refractivity contribution in [1.82, 2.24) is 4.90 Å². The van der Waals surface area contributed by atoms with Gasteiger partial charge in [0.25, 0.3) is 0 Å². The van der Waals surface area contributed by atoms with E-state index in [2.05, 4.69) is 11.8 Å². The Balaban J connectivity index is 2.63. The molecular weight excluding hydrogens is 262 g/mol. The number of benzene rings is 1. The number of carboxylic acids is 1. The molecule has 0 bridgehead atoms. The normalized spacial score (nSPS) is 13.6. The number of rotatable bonds is 6. The van der Waals surface area contributed by atoms with Gasteiger partial charge in [0.15, 0.2) is 0 Å². The molecule has 0 spiro atoms. The van der Waals surface area contributed by atoms with Crippen molar-refractivity contribution in [2.45, 2.75) is 33.2 Å². The van der Waals surface area contributed by atoms with Gasteiger partial charge in [0, 0.05) is 11.1 Å². The van der Waals surface area contributed by atoms with E-state index < -0.39 is 11.4 Å². The molecule has 0 aliphatic carbocycles. The molecular formula is C15H22ClNO2. The second-order valence-electron chi connectivity index (χ2n) is 5.65. The van der Waals surface area contributed by atoms with Crippen molar-refractivity contribution in [3.63, 3.8) is 0 Å². The van der Waals surface area contributed by atoms with Crippen molar-refractivity contribution < 1.29 is 9.90 Å². The zero-order valence-corrected chi connectivity index (χ0v) is 12.7. The van der Waals surface area contributed by atoms with Gasteiger partial charge < -0.3 is 5.11 Å². The van der Waals surface area contributed by atoms with E-state index in [0.29, 0.717) is 6.42 Å². The number of nitrogens with zero attached hydrogens (tertiary/aromatic N) is 1. The fraction of sp³-hybridized carbons (Fsp3) is 0.533. The van der Waals surface area contributed by atoms with E-state index in [1.54, 1.807) is 13.8 Å². The summed E-state index contributed by atoms with van der Waals surface area (Å²) in [6, 6.07) is 7.98. The number of carbonyl (C=O) groups is 1. The van der Waals surface area contributed by atoms with Crippen LogP contribution in [-0.2, 0) is 4.79 Å². The van der Waals surface area contributed by atoms with Crippen LogP contribution in [0, 0.1) is 5.41 Å². The number of aliphatic carboxylic acids is 1. The van der Waals surface area contributed by atoms with Gasteiger partial charge >= 0.3 is 5.97 Å². The first-order valence-electron chi connectivity index (χ1n) is 6.43. The summed E-state index contributed by atoms with van der Waals surface area (Å²) in [5, 5.41) is 9.84. The smallest absolute Gasteiger partial charge is 0.309 e. The molecule has 1 unspecified atom stereocenters. The minimum absolute atomic E-state index is 0.211. The quantitative estimate of drug-likeness (QED) is 0.862. The van der Waals surface area contributed by atoms with Gasteiger partial charge in [0.1, 0.15) is 0 Å². The van der Waals surface area contributed by atoms with E-state index in [9.17, 15) is 4.79 Å². The minimum Gasteiger partial charge on any atom is -0.481 e. The first-order valence-corrected chi connectivity index (χ1v) is 6.81. The lowest BCUT2D eigenvalue weighted by molar-refractivity contribution is -0.147. The maximum Gasteiger partial charge on any atom is 0.309 e. The largest absolute Gasteiger partial charge is 0.481 e. The number of carboxylic acid groups (broad SMARTS) is 1. The molecule has 3 nitrogen and oxygen atoms in total. The molecule has 0 heterocycles. The molecule has 0 saturated heterocycles.